The second-order valence-electron chi connectivity index (χ2n) is 6.56. The molecule has 1 heterocycles. The largest absolute Gasteiger partial charge is 0.355 e. The Balaban J connectivity index is 1.59. The van der Waals surface area contributed by atoms with Crippen LogP contribution in [0.1, 0.15) is 51.3 Å². The van der Waals surface area contributed by atoms with Crippen LogP contribution in [0.25, 0.3) is 0 Å². The maximum atomic E-state index is 12.7. The monoisotopic (exact) mass is 404 g/mol. The minimum atomic E-state index is -0.135. The van der Waals surface area contributed by atoms with E-state index in [1.807, 2.05) is 17.0 Å². The molecular weight excluding hydrogens is 384 g/mol. The molecule has 0 aliphatic heterocycles. The minimum Gasteiger partial charge on any atom is -0.355 e. The van der Waals surface area contributed by atoms with Crippen LogP contribution in [0.2, 0.25) is 4.34 Å². The zero-order chi connectivity index (χ0) is 19.4. The van der Waals surface area contributed by atoms with Crippen molar-refractivity contribution in [3.63, 3.8) is 0 Å². The highest BCUT2D eigenvalue weighted by atomic mass is 35.5. The number of Topliss-reactive ketones (excluding diaryl/α,β-unsaturated/α-hetero) is 1. The molecule has 0 saturated heterocycles. The lowest BCUT2D eigenvalue weighted by atomic mass is 10.1. The van der Waals surface area contributed by atoms with Crippen LogP contribution >= 0.6 is 22.9 Å². The van der Waals surface area contributed by atoms with Crippen LogP contribution in [0, 0.1) is 0 Å². The molecule has 1 aliphatic carbocycles. The molecule has 1 saturated carbocycles. The van der Waals surface area contributed by atoms with Crippen molar-refractivity contribution in [2.24, 2.45) is 0 Å². The van der Waals surface area contributed by atoms with Crippen molar-refractivity contribution in [1.29, 1.82) is 0 Å². The van der Waals surface area contributed by atoms with Crippen LogP contribution in [0.5, 0.6) is 0 Å². The summed E-state index contributed by atoms with van der Waals surface area (Å²) in [5, 5.41) is 2.59. The smallest absolute Gasteiger partial charge is 0.251 e. The number of halogens is 1. The van der Waals surface area contributed by atoms with E-state index in [0.29, 0.717) is 21.3 Å². The van der Waals surface area contributed by atoms with Gasteiger partial charge in [-0.15, -0.1) is 11.3 Å². The molecule has 1 N–H and O–H groups in total. The number of carbonyl (C=O) groups is 3. The molecule has 0 atom stereocenters. The zero-order valence-electron chi connectivity index (χ0n) is 15.0. The van der Waals surface area contributed by atoms with E-state index in [4.69, 9.17) is 11.6 Å². The highest BCUT2D eigenvalue weighted by Crippen LogP contribution is 2.30. The van der Waals surface area contributed by atoms with Gasteiger partial charge < -0.3 is 10.2 Å². The SMILES string of the molecule is CNC(=O)c1ccc(CN(C(=O)CCC(=O)c2ccc(Cl)s2)C2CC2)cc1. The normalized spacial score (nSPS) is 13.3. The summed E-state index contributed by atoms with van der Waals surface area (Å²) < 4.78 is 0.574. The quantitative estimate of drug-likeness (QED) is 0.678. The Hall–Kier alpha value is -2.18. The summed E-state index contributed by atoms with van der Waals surface area (Å²) in [4.78, 5) is 39.0. The van der Waals surface area contributed by atoms with Crippen molar-refractivity contribution in [2.45, 2.75) is 38.3 Å². The summed E-state index contributed by atoms with van der Waals surface area (Å²) in [6.45, 7) is 0.497. The number of hydrogen-bond acceptors (Lipinski definition) is 4. The second-order valence-corrected chi connectivity index (χ2v) is 8.27. The Morgan fingerprint density at radius 1 is 1.11 bits per heavy atom. The summed E-state index contributed by atoms with van der Waals surface area (Å²) in [5.74, 6) is -0.196. The molecule has 2 aromatic rings. The van der Waals surface area contributed by atoms with Gasteiger partial charge in [0.2, 0.25) is 5.91 Å². The van der Waals surface area contributed by atoms with Gasteiger partial charge in [-0.25, -0.2) is 0 Å². The first-order chi connectivity index (χ1) is 13.0. The molecule has 2 amide bonds. The van der Waals surface area contributed by atoms with Crippen LogP contribution in [0.3, 0.4) is 0 Å². The Morgan fingerprint density at radius 3 is 2.37 bits per heavy atom. The number of carbonyl (C=O) groups excluding carboxylic acids is 3. The second kappa shape index (κ2) is 8.67. The van der Waals surface area contributed by atoms with Gasteiger partial charge in [-0.05, 0) is 42.7 Å². The van der Waals surface area contributed by atoms with Crippen molar-refractivity contribution >= 4 is 40.5 Å². The molecule has 3 rings (SSSR count). The van der Waals surface area contributed by atoms with Crippen LogP contribution in [-0.4, -0.2) is 35.6 Å². The number of nitrogens with one attached hydrogen (secondary N) is 1. The highest BCUT2D eigenvalue weighted by molar-refractivity contribution is 7.18. The fraction of sp³-hybridized carbons (Fsp3) is 0.350. The maximum absolute atomic E-state index is 12.7. The Bertz CT molecular complexity index is 843. The van der Waals surface area contributed by atoms with Crippen LogP contribution in [-0.2, 0) is 11.3 Å². The first-order valence-electron chi connectivity index (χ1n) is 8.87. The summed E-state index contributed by atoms with van der Waals surface area (Å²) >= 11 is 7.10. The van der Waals surface area contributed by atoms with Crippen molar-refractivity contribution in [1.82, 2.24) is 10.2 Å². The number of rotatable bonds is 8. The number of hydrogen-bond donors (Lipinski definition) is 1. The molecule has 0 radical (unpaired) electrons. The van der Waals surface area contributed by atoms with Gasteiger partial charge in [0.05, 0.1) is 9.21 Å². The molecule has 27 heavy (non-hydrogen) atoms. The molecule has 1 fully saturated rings. The molecular formula is C20H21ClN2O3S. The molecule has 0 spiro atoms. The van der Waals surface area contributed by atoms with E-state index in [0.717, 1.165) is 18.4 Å². The lowest BCUT2D eigenvalue weighted by molar-refractivity contribution is -0.132. The van der Waals surface area contributed by atoms with Gasteiger partial charge in [0.15, 0.2) is 5.78 Å². The average molecular weight is 405 g/mol. The van der Waals surface area contributed by atoms with E-state index in [-0.39, 0.29) is 36.5 Å². The predicted molar refractivity (Wildman–Crippen MR) is 106 cm³/mol. The van der Waals surface area contributed by atoms with Crippen LogP contribution in [0.15, 0.2) is 36.4 Å². The summed E-state index contributed by atoms with van der Waals surface area (Å²) in [5.41, 5.74) is 1.56. The Morgan fingerprint density at radius 2 is 1.81 bits per heavy atom. The molecule has 0 unspecified atom stereocenters. The number of amides is 2. The molecule has 0 bridgehead atoms. The maximum Gasteiger partial charge on any atom is 0.251 e. The number of nitrogens with zero attached hydrogens (tertiary/aromatic N) is 1. The molecule has 7 heteroatoms. The standard InChI is InChI=1S/C20H21ClN2O3S/c1-22-20(26)14-4-2-13(3-5-14)12-23(15-6-7-15)19(25)11-8-16(24)17-9-10-18(21)27-17/h2-5,9-10,15H,6-8,11-12H2,1H3,(H,22,26). The lowest BCUT2D eigenvalue weighted by Gasteiger charge is -2.22. The first-order valence-corrected chi connectivity index (χ1v) is 10.1. The zero-order valence-corrected chi connectivity index (χ0v) is 16.6. The van der Waals surface area contributed by atoms with Gasteiger partial charge in [-0.1, -0.05) is 23.7 Å². The van der Waals surface area contributed by atoms with E-state index in [1.165, 1.54) is 11.3 Å². The van der Waals surface area contributed by atoms with Crippen molar-refractivity contribution in [2.75, 3.05) is 7.05 Å². The summed E-state index contributed by atoms with van der Waals surface area (Å²) in [6.07, 6.45) is 2.38. The van der Waals surface area contributed by atoms with E-state index >= 15 is 0 Å². The Labute approximate surface area is 167 Å². The summed E-state index contributed by atoms with van der Waals surface area (Å²) in [6, 6.07) is 10.9. The molecule has 1 aromatic heterocycles. The lowest BCUT2D eigenvalue weighted by Crippen LogP contribution is -2.32. The van der Waals surface area contributed by atoms with Gasteiger partial charge in [-0.3, -0.25) is 14.4 Å². The summed E-state index contributed by atoms with van der Waals surface area (Å²) in [7, 11) is 1.59. The minimum absolute atomic E-state index is 0.0103. The fourth-order valence-corrected chi connectivity index (χ4v) is 3.87. The van der Waals surface area contributed by atoms with Gasteiger partial charge in [0, 0.05) is 38.0 Å². The molecule has 142 valence electrons. The third kappa shape index (κ3) is 5.17. The molecule has 1 aromatic carbocycles. The van der Waals surface area contributed by atoms with E-state index in [2.05, 4.69) is 5.32 Å². The van der Waals surface area contributed by atoms with Gasteiger partial charge in [0.1, 0.15) is 0 Å². The average Bonchev–Trinajstić information content (AvgIpc) is 3.43. The Kier molecular flexibility index (Phi) is 6.29. The molecule has 5 nitrogen and oxygen atoms in total. The van der Waals surface area contributed by atoms with Gasteiger partial charge in [-0.2, -0.15) is 0 Å². The first kappa shape index (κ1) is 19.6. The predicted octanol–water partition coefficient (Wildman–Crippen LogP) is 3.92. The fourth-order valence-electron chi connectivity index (χ4n) is 2.86. The van der Waals surface area contributed by atoms with E-state index < -0.39 is 0 Å². The van der Waals surface area contributed by atoms with Gasteiger partial charge >= 0.3 is 0 Å². The third-order valence-corrected chi connectivity index (χ3v) is 5.79. The molecule has 1 aliphatic rings. The highest BCUT2D eigenvalue weighted by Gasteiger charge is 2.32. The van der Waals surface area contributed by atoms with Crippen molar-refractivity contribution in [3.05, 3.63) is 56.7 Å². The van der Waals surface area contributed by atoms with Gasteiger partial charge in [0.25, 0.3) is 5.91 Å². The van der Waals surface area contributed by atoms with Crippen LogP contribution < -0.4 is 5.32 Å². The van der Waals surface area contributed by atoms with E-state index in [9.17, 15) is 14.4 Å². The number of thiophene rings is 1. The number of benzene rings is 1. The number of ketones is 1. The van der Waals surface area contributed by atoms with Crippen molar-refractivity contribution < 1.29 is 14.4 Å². The van der Waals surface area contributed by atoms with Crippen molar-refractivity contribution in [3.8, 4) is 0 Å². The van der Waals surface area contributed by atoms with Crippen LogP contribution in [0.4, 0.5) is 0 Å². The topological polar surface area (TPSA) is 66.5 Å². The third-order valence-electron chi connectivity index (χ3n) is 4.52. The van der Waals surface area contributed by atoms with E-state index in [1.54, 1.807) is 31.3 Å².